The maximum absolute atomic E-state index is 11.6. The molecule has 0 amide bonds. The molecule has 104 valence electrons. The van der Waals surface area contributed by atoms with Crippen LogP contribution < -0.4 is 0 Å². The van der Waals surface area contributed by atoms with Crippen molar-refractivity contribution in [1.29, 1.82) is 0 Å². The van der Waals surface area contributed by atoms with E-state index >= 15 is 0 Å². The third-order valence-corrected chi connectivity index (χ3v) is 4.11. The molecule has 1 aromatic carbocycles. The molecule has 2 aromatic rings. The van der Waals surface area contributed by atoms with Gasteiger partial charge >= 0.3 is 5.97 Å². The van der Waals surface area contributed by atoms with Gasteiger partial charge in [0, 0.05) is 12.0 Å². The number of hydrogen-bond donors (Lipinski definition) is 0. The molecule has 1 fully saturated rings. The van der Waals surface area contributed by atoms with Crippen molar-refractivity contribution in [3.05, 3.63) is 29.8 Å². The number of rotatable bonds is 3. The lowest BCUT2D eigenvalue weighted by atomic mass is 10.1. The zero-order chi connectivity index (χ0) is 14.1. The zero-order valence-electron chi connectivity index (χ0n) is 11.2. The van der Waals surface area contributed by atoms with Crippen LogP contribution in [0.5, 0.6) is 0 Å². The second-order valence-corrected chi connectivity index (χ2v) is 5.98. The van der Waals surface area contributed by atoms with E-state index in [9.17, 15) is 4.79 Å². The maximum Gasteiger partial charge on any atom is 0.320 e. The van der Waals surface area contributed by atoms with Crippen LogP contribution in [0.2, 0.25) is 0 Å². The van der Waals surface area contributed by atoms with E-state index in [1.165, 1.54) is 17.3 Å². The number of ether oxygens (including phenoxy) is 1. The normalized spacial score (nSPS) is 22.0. The highest BCUT2D eigenvalue weighted by Crippen LogP contribution is 2.32. The van der Waals surface area contributed by atoms with Crippen LogP contribution in [0.4, 0.5) is 0 Å². The van der Waals surface area contributed by atoms with E-state index in [1.807, 2.05) is 38.1 Å². The van der Waals surface area contributed by atoms with E-state index in [1.54, 1.807) is 0 Å². The summed E-state index contributed by atoms with van der Waals surface area (Å²) in [5.41, 5.74) is 2.04. The van der Waals surface area contributed by atoms with Crippen LogP contribution in [0.1, 0.15) is 18.9 Å². The van der Waals surface area contributed by atoms with Crippen LogP contribution in [0.15, 0.2) is 33.9 Å². The molecule has 0 saturated carbocycles. The van der Waals surface area contributed by atoms with Gasteiger partial charge < -0.3 is 9.15 Å². The molecule has 0 unspecified atom stereocenters. The topological polar surface area (TPSA) is 65.2 Å². The summed E-state index contributed by atoms with van der Waals surface area (Å²) in [5, 5.41) is 8.14. The monoisotopic (exact) mass is 290 g/mol. The summed E-state index contributed by atoms with van der Waals surface area (Å²) in [4.78, 5) is 11.6. The Balaban J connectivity index is 1.74. The van der Waals surface area contributed by atoms with Crippen LogP contribution in [0.25, 0.3) is 11.5 Å². The minimum atomic E-state index is -0.253. The zero-order valence-corrected chi connectivity index (χ0v) is 12.0. The first-order chi connectivity index (χ1) is 9.61. The second-order valence-electron chi connectivity index (χ2n) is 4.83. The molecule has 1 aromatic heterocycles. The lowest BCUT2D eigenvalue weighted by Crippen LogP contribution is -2.09. The highest BCUT2D eigenvalue weighted by molar-refractivity contribution is 8.00. The summed E-state index contributed by atoms with van der Waals surface area (Å²) in [6.45, 7) is 3.90. The number of cyclic esters (lactones) is 1. The lowest BCUT2D eigenvalue weighted by Gasteiger charge is -1.99. The van der Waals surface area contributed by atoms with Gasteiger partial charge in [-0.25, -0.2) is 0 Å². The van der Waals surface area contributed by atoms with Gasteiger partial charge in [-0.3, -0.25) is 4.79 Å². The molecule has 0 N–H and O–H groups in total. The molecule has 2 heterocycles. The summed E-state index contributed by atoms with van der Waals surface area (Å²) in [5.74, 6) is 0.254. The van der Waals surface area contributed by atoms with Crippen molar-refractivity contribution in [1.82, 2.24) is 10.2 Å². The summed E-state index contributed by atoms with van der Waals surface area (Å²) in [6.07, 6.45) is 0.630. The molecule has 0 radical (unpaired) electrons. The molecule has 5 nitrogen and oxygen atoms in total. The summed E-state index contributed by atoms with van der Waals surface area (Å²) in [6, 6.07) is 7.84. The van der Waals surface area contributed by atoms with E-state index in [0.717, 1.165) is 5.56 Å². The van der Waals surface area contributed by atoms with Gasteiger partial charge in [0.05, 0.1) is 0 Å². The van der Waals surface area contributed by atoms with Gasteiger partial charge in [0.25, 0.3) is 5.22 Å². The number of carbonyl (C=O) groups excluding carboxylic acids is 1. The van der Waals surface area contributed by atoms with Crippen molar-refractivity contribution in [2.75, 3.05) is 0 Å². The van der Waals surface area contributed by atoms with E-state index in [2.05, 4.69) is 10.2 Å². The van der Waals surface area contributed by atoms with E-state index in [-0.39, 0.29) is 17.3 Å². The molecule has 1 aliphatic heterocycles. The molecule has 1 aliphatic rings. The quantitative estimate of drug-likeness (QED) is 0.810. The number of aryl methyl sites for hydroxylation is 1. The third kappa shape index (κ3) is 2.70. The number of benzene rings is 1. The Morgan fingerprint density at radius 2 is 2.00 bits per heavy atom. The molecular formula is C14H14N2O3S. The molecule has 1 saturated heterocycles. The number of hydrogen-bond acceptors (Lipinski definition) is 6. The van der Waals surface area contributed by atoms with Crippen molar-refractivity contribution in [3.8, 4) is 11.5 Å². The Morgan fingerprint density at radius 3 is 2.65 bits per heavy atom. The molecule has 6 heteroatoms. The minimum Gasteiger partial charge on any atom is -0.462 e. The number of esters is 1. The fourth-order valence-electron chi connectivity index (χ4n) is 2.01. The predicted octanol–water partition coefficient (Wildman–Crippen LogP) is 2.84. The molecule has 20 heavy (non-hydrogen) atoms. The van der Waals surface area contributed by atoms with Crippen molar-refractivity contribution in [2.45, 2.75) is 36.8 Å². The van der Waals surface area contributed by atoms with E-state index in [0.29, 0.717) is 17.5 Å². The highest BCUT2D eigenvalue weighted by atomic mass is 32.2. The summed E-state index contributed by atoms with van der Waals surface area (Å²) >= 11 is 1.27. The largest absolute Gasteiger partial charge is 0.462 e. The van der Waals surface area contributed by atoms with E-state index in [4.69, 9.17) is 9.15 Å². The Labute approximate surface area is 120 Å². The summed E-state index contributed by atoms with van der Waals surface area (Å²) in [7, 11) is 0. The Bertz CT molecular complexity index is 624. The Morgan fingerprint density at radius 1 is 1.25 bits per heavy atom. The minimum absolute atomic E-state index is 0.0421. The first-order valence-corrected chi connectivity index (χ1v) is 7.27. The van der Waals surface area contributed by atoms with Crippen LogP contribution in [0.3, 0.4) is 0 Å². The van der Waals surface area contributed by atoms with Crippen LogP contribution >= 0.6 is 11.8 Å². The number of carbonyl (C=O) groups is 1. The van der Waals surface area contributed by atoms with Crippen molar-refractivity contribution < 1.29 is 13.9 Å². The molecule has 0 spiro atoms. The predicted molar refractivity (Wildman–Crippen MR) is 74.3 cm³/mol. The van der Waals surface area contributed by atoms with E-state index < -0.39 is 0 Å². The molecule has 0 aliphatic carbocycles. The van der Waals surface area contributed by atoms with Gasteiger partial charge in [-0.05, 0) is 37.7 Å². The Hall–Kier alpha value is -1.82. The van der Waals surface area contributed by atoms with Gasteiger partial charge in [0.2, 0.25) is 5.89 Å². The van der Waals surface area contributed by atoms with Gasteiger partial charge in [-0.2, -0.15) is 0 Å². The fraction of sp³-hybridized carbons (Fsp3) is 0.357. The fourth-order valence-corrected chi connectivity index (χ4v) is 2.99. The lowest BCUT2D eigenvalue weighted by molar-refractivity contribution is -0.140. The van der Waals surface area contributed by atoms with Crippen LogP contribution in [-0.4, -0.2) is 27.5 Å². The average Bonchev–Trinajstić information content (AvgIpc) is 2.98. The first kappa shape index (κ1) is 13.2. The molecule has 0 bridgehead atoms. The highest BCUT2D eigenvalue weighted by Gasteiger charge is 2.34. The van der Waals surface area contributed by atoms with Crippen molar-refractivity contribution in [2.24, 2.45) is 0 Å². The molecular weight excluding hydrogens is 276 g/mol. The smallest absolute Gasteiger partial charge is 0.320 e. The standard InChI is InChI=1S/C14H14N2O3S/c1-8-3-5-10(6-4-8)12-15-16-14(19-12)20-11-7-9(2)18-13(11)17/h3-6,9,11H,7H2,1-2H3/t9-,11+/m0/s1. The van der Waals surface area contributed by atoms with Crippen LogP contribution in [0, 0.1) is 6.92 Å². The van der Waals surface area contributed by atoms with Gasteiger partial charge in [-0.1, -0.05) is 17.7 Å². The van der Waals surface area contributed by atoms with Gasteiger partial charge in [0.1, 0.15) is 11.4 Å². The summed E-state index contributed by atoms with van der Waals surface area (Å²) < 4.78 is 10.7. The molecule has 3 rings (SSSR count). The average molecular weight is 290 g/mol. The Kier molecular flexibility index (Phi) is 3.48. The first-order valence-electron chi connectivity index (χ1n) is 6.39. The second kappa shape index (κ2) is 5.28. The number of thioether (sulfide) groups is 1. The maximum atomic E-state index is 11.6. The molecule has 2 atom stereocenters. The van der Waals surface area contributed by atoms with Gasteiger partial charge in [-0.15, -0.1) is 10.2 Å². The third-order valence-electron chi connectivity index (χ3n) is 3.07. The number of nitrogens with zero attached hydrogens (tertiary/aromatic N) is 2. The van der Waals surface area contributed by atoms with Crippen LogP contribution in [-0.2, 0) is 9.53 Å². The SMILES string of the molecule is Cc1ccc(-c2nnc(S[C@@H]3C[C@H](C)OC3=O)o2)cc1. The van der Waals surface area contributed by atoms with Crippen molar-refractivity contribution in [3.63, 3.8) is 0 Å². The van der Waals surface area contributed by atoms with Gasteiger partial charge in [0.15, 0.2) is 0 Å². The number of aromatic nitrogens is 2. The van der Waals surface area contributed by atoms with Crippen molar-refractivity contribution >= 4 is 17.7 Å².